The topological polar surface area (TPSA) is 21.6 Å². The van der Waals surface area contributed by atoms with Crippen molar-refractivity contribution in [2.75, 3.05) is 14.2 Å². The van der Waals surface area contributed by atoms with Crippen molar-refractivity contribution >= 4 is 5.71 Å². The molecule has 0 fully saturated rings. The number of aliphatic imine (C=N–C) groups is 1. The van der Waals surface area contributed by atoms with Crippen LogP contribution in [0, 0.1) is 0 Å². The Kier molecular flexibility index (Phi) is 3.55. The second kappa shape index (κ2) is 5.30. The lowest BCUT2D eigenvalue weighted by Crippen LogP contribution is -2.02. The summed E-state index contributed by atoms with van der Waals surface area (Å²) in [5, 5.41) is 0. The zero-order chi connectivity index (χ0) is 12.1. The van der Waals surface area contributed by atoms with E-state index in [4.69, 9.17) is 4.74 Å². The average Bonchev–Trinajstić information content (AvgIpc) is 2.42. The van der Waals surface area contributed by atoms with E-state index < -0.39 is 0 Å². The number of hydrogen-bond donors (Lipinski definition) is 0. The second-order valence-electron chi connectivity index (χ2n) is 3.67. The molecule has 0 saturated heterocycles. The normalized spacial score (nSPS) is 11.3. The summed E-state index contributed by atoms with van der Waals surface area (Å²) in [4.78, 5) is 4.36. The summed E-state index contributed by atoms with van der Waals surface area (Å²) in [5.41, 5.74) is 3.22. The molecule has 0 atom stereocenters. The van der Waals surface area contributed by atoms with Gasteiger partial charge in [-0.2, -0.15) is 0 Å². The van der Waals surface area contributed by atoms with Crippen LogP contribution in [0.5, 0.6) is 5.75 Å². The van der Waals surface area contributed by atoms with Gasteiger partial charge in [0.05, 0.1) is 12.8 Å². The maximum atomic E-state index is 5.15. The molecule has 0 saturated carbocycles. The molecule has 0 radical (unpaired) electrons. The molecular weight excluding hydrogens is 210 g/mol. The van der Waals surface area contributed by atoms with Crippen LogP contribution in [0.15, 0.2) is 59.6 Å². The Morgan fingerprint density at radius 3 is 2.00 bits per heavy atom. The third-order valence-corrected chi connectivity index (χ3v) is 2.63. The summed E-state index contributed by atoms with van der Waals surface area (Å²) >= 11 is 0. The predicted molar refractivity (Wildman–Crippen MR) is 71.0 cm³/mol. The fraction of sp³-hybridized carbons (Fsp3) is 0.133. The first-order chi connectivity index (χ1) is 8.35. The highest BCUT2D eigenvalue weighted by Gasteiger charge is 2.05. The SMILES string of the molecule is CN=C(c1ccccc1)c1ccc(OC)cc1. The Labute approximate surface area is 102 Å². The van der Waals surface area contributed by atoms with E-state index in [0.29, 0.717) is 0 Å². The van der Waals surface area contributed by atoms with Gasteiger partial charge in [0.2, 0.25) is 0 Å². The molecule has 17 heavy (non-hydrogen) atoms. The minimum Gasteiger partial charge on any atom is -0.497 e. The van der Waals surface area contributed by atoms with Gasteiger partial charge in [0.25, 0.3) is 0 Å². The van der Waals surface area contributed by atoms with Gasteiger partial charge in [-0.15, -0.1) is 0 Å². The Morgan fingerprint density at radius 1 is 0.882 bits per heavy atom. The highest BCUT2D eigenvalue weighted by molar-refractivity contribution is 6.12. The molecule has 2 heteroatoms. The Balaban J connectivity index is 2.37. The molecule has 0 aromatic heterocycles. The fourth-order valence-electron chi connectivity index (χ4n) is 1.77. The smallest absolute Gasteiger partial charge is 0.118 e. The molecule has 2 aromatic carbocycles. The second-order valence-corrected chi connectivity index (χ2v) is 3.67. The quantitative estimate of drug-likeness (QED) is 0.735. The van der Waals surface area contributed by atoms with Gasteiger partial charge in [-0.25, -0.2) is 0 Å². The standard InChI is InChI=1S/C15H15NO/c1-16-15(12-6-4-3-5-7-12)13-8-10-14(17-2)11-9-13/h3-11H,1-2H3. The van der Waals surface area contributed by atoms with Crippen LogP contribution < -0.4 is 4.74 Å². The van der Waals surface area contributed by atoms with Crippen LogP contribution in [0.4, 0.5) is 0 Å². The molecule has 2 rings (SSSR count). The maximum Gasteiger partial charge on any atom is 0.118 e. The lowest BCUT2D eigenvalue weighted by atomic mass is 10.0. The summed E-state index contributed by atoms with van der Waals surface area (Å²) in [6.45, 7) is 0. The Morgan fingerprint density at radius 2 is 1.47 bits per heavy atom. The van der Waals surface area contributed by atoms with E-state index in [1.165, 1.54) is 0 Å². The van der Waals surface area contributed by atoms with E-state index in [9.17, 15) is 0 Å². The van der Waals surface area contributed by atoms with Crippen molar-refractivity contribution in [3.8, 4) is 5.75 Å². The number of benzene rings is 2. The largest absolute Gasteiger partial charge is 0.497 e. The van der Waals surface area contributed by atoms with Gasteiger partial charge in [-0.3, -0.25) is 4.99 Å². The van der Waals surface area contributed by atoms with Crippen LogP contribution in [0.2, 0.25) is 0 Å². The lowest BCUT2D eigenvalue weighted by Gasteiger charge is -2.07. The van der Waals surface area contributed by atoms with E-state index in [2.05, 4.69) is 17.1 Å². The molecule has 0 aliphatic rings. The molecule has 0 amide bonds. The minimum atomic E-state index is 0.859. The van der Waals surface area contributed by atoms with Crippen LogP contribution in [-0.4, -0.2) is 19.9 Å². The summed E-state index contributed by atoms with van der Waals surface area (Å²) in [7, 11) is 3.48. The molecule has 0 bridgehead atoms. The molecule has 86 valence electrons. The van der Waals surface area contributed by atoms with E-state index in [0.717, 1.165) is 22.6 Å². The van der Waals surface area contributed by atoms with Crippen LogP contribution in [0.25, 0.3) is 0 Å². The van der Waals surface area contributed by atoms with Gasteiger partial charge < -0.3 is 4.74 Å². The molecule has 0 unspecified atom stereocenters. The van der Waals surface area contributed by atoms with Crippen LogP contribution in [0.3, 0.4) is 0 Å². The van der Waals surface area contributed by atoms with Gasteiger partial charge in [-0.05, 0) is 24.3 Å². The molecule has 0 spiro atoms. The molecule has 0 aliphatic heterocycles. The summed E-state index contributed by atoms with van der Waals surface area (Å²) in [6, 6.07) is 18.1. The molecular formula is C15H15NO. The highest BCUT2D eigenvalue weighted by Crippen LogP contribution is 2.15. The zero-order valence-corrected chi connectivity index (χ0v) is 10.1. The molecule has 0 heterocycles. The lowest BCUT2D eigenvalue weighted by molar-refractivity contribution is 0.415. The first kappa shape index (κ1) is 11.4. The first-order valence-electron chi connectivity index (χ1n) is 5.52. The molecule has 0 aliphatic carbocycles. The van der Waals surface area contributed by atoms with Crippen LogP contribution in [0.1, 0.15) is 11.1 Å². The van der Waals surface area contributed by atoms with E-state index in [1.807, 2.05) is 49.5 Å². The summed E-state index contributed by atoms with van der Waals surface area (Å²) in [5.74, 6) is 0.859. The summed E-state index contributed by atoms with van der Waals surface area (Å²) in [6.07, 6.45) is 0. The van der Waals surface area contributed by atoms with Crippen molar-refractivity contribution in [2.24, 2.45) is 4.99 Å². The number of ether oxygens (including phenoxy) is 1. The van der Waals surface area contributed by atoms with E-state index in [1.54, 1.807) is 7.11 Å². The van der Waals surface area contributed by atoms with Crippen molar-refractivity contribution in [1.82, 2.24) is 0 Å². The third kappa shape index (κ3) is 2.53. The average molecular weight is 225 g/mol. The summed E-state index contributed by atoms with van der Waals surface area (Å²) < 4.78 is 5.15. The van der Waals surface area contributed by atoms with Gasteiger partial charge in [0, 0.05) is 18.2 Å². The van der Waals surface area contributed by atoms with Crippen molar-refractivity contribution in [3.63, 3.8) is 0 Å². The third-order valence-electron chi connectivity index (χ3n) is 2.63. The molecule has 2 aromatic rings. The minimum absolute atomic E-state index is 0.859. The zero-order valence-electron chi connectivity index (χ0n) is 10.1. The number of rotatable bonds is 3. The van der Waals surface area contributed by atoms with Crippen LogP contribution >= 0.6 is 0 Å². The van der Waals surface area contributed by atoms with Crippen molar-refractivity contribution in [1.29, 1.82) is 0 Å². The molecule has 2 nitrogen and oxygen atoms in total. The van der Waals surface area contributed by atoms with Crippen molar-refractivity contribution in [2.45, 2.75) is 0 Å². The predicted octanol–water partition coefficient (Wildman–Crippen LogP) is 3.16. The van der Waals surface area contributed by atoms with Crippen LogP contribution in [-0.2, 0) is 0 Å². The Hall–Kier alpha value is -2.09. The van der Waals surface area contributed by atoms with E-state index in [-0.39, 0.29) is 0 Å². The monoisotopic (exact) mass is 225 g/mol. The number of hydrogen-bond acceptors (Lipinski definition) is 2. The van der Waals surface area contributed by atoms with Gasteiger partial charge in [0.15, 0.2) is 0 Å². The van der Waals surface area contributed by atoms with Gasteiger partial charge in [-0.1, -0.05) is 30.3 Å². The van der Waals surface area contributed by atoms with Crippen molar-refractivity contribution < 1.29 is 4.74 Å². The fourth-order valence-corrected chi connectivity index (χ4v) is 1.77. The number of methoxy groups -OCH3 is 1. The van der Waals surface area contributed by atoms with Gasteiger partial charge in [0.1, 0.15) is 5.75 Å². The van der Waals surface area contributed by atoms with Gasteiger partial charge >= 0.3 is 0 Å². The maximum absolute atomic E-state index is 5.15. The van der Waals surface area contributed by atoms with E-state index >= 15 is 0 Å². The Bertz CT molecular complexity index is 500. The number of nitrogens with zero attached hydrogens (tertiary/aromatic N) is 1. The highest BCUT2D eigenvalue weighted by atomic mass is 16.5. The first-order valence-corrected chi connectivity index (χ1v) is 5.52. The molecule has 0 N–H and O–H groups in total. The van der Waals surface area contributed by atoms with Crippen molar-refractivity contribution in [3.05, 3.63) is 65.7 Å².